The molecule has 0 saturated heterocycles. The Morgan fingerprint density at radius 1 is 0.900 bits per heavy atom. The molecule has 0 radical (unpaired) electrons. The molecule has 2 aliphatic heterocycles. The van der Waals surface area contributed by atoms with Crippen LogP contribution in [-0.2, 0) is 17.8 Å². The molecule has 5 rings (SSSR count). The minimum atomic E-state index is -0.264. The lowest BCUT2D eigenvalue weighted by molar-refractivity contribution is 0.0379. The van der Waals surface area contributed by atoms with Crippen molar-refractivity contribution in [3.8, 4) is 11.1 Å². The largest absolute Gasteiger partial charge is 0.459 e. The van der Waals surface area contributed by atoms with E-state index in [0.717, 1.165) is 36.4 Å². The molecule has 2 aliphatic rings. The van der Waals surface area contributed by atoms with E-state index in [2.05, 4.69) is 65.3 Å². The second kappa shape index (κ2) is 7.21. The maximum atomic E-state index is 12.7. The number of benzene rings is 3. The van der Waals surface area contributed by atoms with Gasteiger partial charge in [0.25, 0.3) is 0 Å². The summed E-state index contributed by atoms with van der Waals surface area (Å²) in [5.74, 6) is -0.264. The second-order valence-corrected chi connectivity index (χ2v) is 8.46. The number of hydrogen-bond donors (Lipinski definition) is 0. The van der Waals surface area contributed by atoms with Gasteiger partial charge in [0.2, 0.25) is 0 Å². The third-order valence-corrected chi connectivity index (χ3v) is 5.94. The van der Waals surface area contributed by atoms with Crippen molar-refractivity contribution in [3.05, 3.63) is 82.9 Å². The molecule has 0 aromatic heterocycles. The van der Waals surface area contributed by atoms with Gasteiger partial charge in [0.15, 0.2) is 0 Å². The van der Waals surface area contributed by atoms with Crippen molar-refractivity contribution >= 4 is 17.3 Å². The maximum Gasteiger partial charge on any atom is 0.339 e. The first kappa shape index (κ1) is 18.7. The Morgan fingerprint density at radius 2 is 1.63 bits per heavy atom. The van der Waals surface area contributed by atoms with Gasteiger partial charge in [-0.3, -0.25) is 0 Å². The summed E-state index contributed by atoms with van der Waals surface area (Å²) in [5.41, 5.74) is 9.01. The lowest BCUT2D eigenvalue weighted by Gasteiger charge is -2.44. The fraction of sp³-hybridized carbons (Fsp3) is 0.269. The fourth-order valence-electron chi connectivity index (χ4n) is 4.67. The van der Waals surface area contributed by atoms with Gasteiger partial charge in [0.1, 0.15) is 0 Å². The molecule has 4 nitrogen and oxygen atoms in total. The van der Waals surface area contributed by atoms with Crippen LogP contribution in [0.15, 0.2) is 60.7 Å². The van der Waals surface area contributed by atoms with Crippen molar-refractivity contribution < 1.29 is 9.53 Å². The van der Waals surface area contributed by atoms with Crippen molar-refractivity contribution in [1.82, 2.24) is 0 Å². The number of carbonyl (C=O) groups is 1. The zero-order valence-corrected chi connectivity index (χ0v) is 17.7. The lowest BCUT2D eigenvalue weighted by Crippen LogP contribution is -2.46. The van der Waals surface area contributed by atoms with Crippen LogP contribution in [0.4, 0.5) is 11.4 Å². The highest BCUT2D eigenvalue weighted by molar-refractivity contribution is 5.98. The second-order valence-electron chi connectivity index (χ2n) is 8.46. The third-order valence-electron chi connectivity index (χ3n) is 5.94. The van der Waals surface area contributed by atoms with Gasteiger partial charge in [-0.2, -0.15) is 0 Å². The first-order valence-electron chi connectivity index (χ1n) is 10.5. The first-order valence-corrected chi connectivity index (χ1v) is 10.5. The average molecular weight is 399 g/mol. The van der Waals surface area contributed by atoms with Gasteiger partial charge >= 0.3 is 5.97 Å². The van der Waals surface area contributed by atoms with Gasteiger partial charge in [0.05, 0.1) is 18.3 Å². The van der Waals surface area contributed by atoms with E-state index in [9.17, 15) is 4.79 Å². The van der Waals surface area contributed by atoms with Crippen molar-refractivity contribution in [2.24, 2.45) is 0 Å². The molecule has 30 heavy (non-hydrogen) atoms. The Kier molecular flexibility index (Phi) is 4.50. The van der Waals surface area contributed by atoms with E-state index in [-0.39, 0.29) is 12.1 Å². The molecule has 0 spiro atoms. The van der Waals surface area contributed by atoms with Crippen LogP contribution in [0, 0.1) is 6.92 Å². The van der Waals surface area contributed by atoms with E-state index < -0.39 is 0 Å². The van der Waals surface area contributed by atoms with Gasteiger partial charge in [-0.05, 0) is 72.9 Å². The molecule has 0 N–H and O–H groups in total. The molecular weight excluding hydrogens is 372 g/mol. The molecule has 152 valence electrons. The van der Waals surface area contributed by atoms with Crippen LogP contribution in [0.25, 0.3) is 11.1 Å². The number of fused-ring (bicyclic) bond motifs is 6. The van der Waals surface area contributed by atoms with Crippen LogP contribution in [0.3, 0.4) is 0 Å². The summed E-state index contributed by atoms with van der Waals surface area (Å²) in [5, 5.41) is 0. The number of anilines is 2. The zero-order valence-electron chi connectivity index (χ0n) is 17.7. The molecule has 0 fully saturated rings. The lowest BCUT2D eigenvalue weighted by atomic mass is 9.92. The molecule has 2 bridgehead atoms. The van der Waals surface area contributed by atoms with E-state index in [4.69, 9.17) is 4.74 Å². The SMILES string of the molecule is Cc1cccc(C(=O)OC(C)C)c1-c1ccc2c(c1)CN1CN2Cc2ccccc21. The van der Waals surface area contributed by atoms with E-state index in [1.165, 1.54) is 22.5 Å². The highest BCUT2D eigenvalue weighted by Gasteiger charge is 2.29. The first-order chi connectivity index (χ1) is 14.5. The molecule has 4 heteroatoms. The number of hydrogen-bond acceptors (Lipinski definition) is 4. The predicted octanol–water partition coefficient (Wildman–Crippen LogP) is 5.52. The Balaban J connectivity index is 1.56. The number of para-hydroxylation sites is 1. The quantitative estimate of drug-likeness (QED) is 0.544. The van der Waals surface area contributed by atoms with E-state index in [1.54, 1.807) is 0 Å². The zero-order chi connectivity index (χ0) is 20.8. The Bertz CT molecular complexity index is 1140. The Morgan fingerprint density at radius 3 is 2.43 bits per heavy atom. The van der Waals surface area contributed by atoms with Crippen molar-refractivity contribution in [3.63, 3.8) is 0 Å². The number of aryl methyl sites for hydroxylation is 1. The minimum Gasteiger partial charge on any atom is -0.459 e. The number of ether oxygens (including phenoxy) is 1. The molecule has 3 aromatic carbocycles. The third kappa shape index (κ3) is 3.13. The molecule has 0 aliphatic carbocycles. The van der Waals surface area contributed by atoms with E-state index >= 15 is 0 Å². The van der Waals surface area contributed by atoms with Gasteiger partial charge in [-0.15, -0.1) is 0 Å². The van der Waals surface area contributed by atoms with Crippen molar-refractivity contribution in [1.29, 1.82) is 0 Å². The molecule has 0 amide bonds. The number of nitrogens with zero attached hydrogens (tertiary/aromatic N) is 2. The highest BCUT2D eigenvalue weighted by Crippen LogP contribution is 2.40. The smallest absolute Gasteiger partial charge is 0.339 e. The summed E-state index contributed by atoms with van der Waals surface area (Å²) in [6.45, 7) is 8.53. The molecular formula is C26H26N2O2. The van der Waals surface area contributed by atoms with Gasteiger partial charge in [-0.25, -0.2) is 4.79 Å². The molecule has 0 atom stereocenters. The Labute approximate surface area is 177 Å². The van der Waals surface area contributed by atoms with Crippen molar-refractivity contribution in [2.45, 2.75) is 40.0 Å². The summed E-state index contributed by atoms with van der Waals surface area (Å²) in [6, 6.07) is 21.1. The van der Waals surface area contributed by atoms with E-state index in [0.29, 0.717) is 5.56 Å². The topological polar surface area (TPSA) is 32.8 Å². The summed E-state index contributed by atoms with van der Waals surface area (Å²) in [6.07, 6.45) is -0.144. The van der Waals surface area contributed by atoms with Crippen LogP contribution in [-0.4, -0.2) is 18.7 Å². The molecule has 0 saturated carbocycles. The molecule has 0 unspecified atom stereocenters. The van der Waals surface area contributed by atoms with E-state index in [1.807, 2.05) is 26.0 Å². The predicted molar refractivity (Wildman–Crippen MR) is 121 cm³/mol. The summed E-state index contributed by atoms with van der Waals surface area (Å²) in [7, 11) is 0. The number of rotatable bonds is 3. The van der Waals surface area contributed by atoms with Crippen LogP contribution < -0.4 is 9.80 Å². The number of esters is 1. The Hall–Kier alpha value is -3.27. The van der Waals surface area contributed by atoms with Crippen LogP contribution in [0.1, 0.15) is 40.9 Å². The summed E-state index contributed by atoms with van der Waals surface area (Å²) in [4.78, 5) is 17.6. The van der Waals surface area contributed by atoms with Crippen LogP contribution in [0.5, 0.6) is 0 Å². The maximum absolute atomic E-state index is 12.7. The number of carbonyl (C=O) groups excluding carboxylic acids is 1. The minimum absolute atomic E-state index is 0.144. The van der Waals surface area contributed by atoms with Gasteiger partial charge < -0.3 is 14.5 Å². The van der Waals surface area contributed by atoms with Crippen LogP contribution in [0.2, 0.25) is 0 Å². The van der Waals surface area contributed by atoms with Gasteiger partial charge in [-0.1, -0.05) is 36.4 Å². The normalized spacial score (nSPS) is 14.4. The monoisotopic (exact) mass is 398 g/mol. The fourth-order valence-corrected chi connectivity index (χ4v) is 4.67. The standard InChI is InChI=1S/C26H26N2O2/c1-17(2)30-26(29)22-9-6-7-18(3)25(22)19-11-12-24-21(13-19)15-28-16-27(24)14-20-8-4-5-10-23(20)28/h4-13,17H,14-16H2,1-3H3. The van der Waals surface area contributed by atoms with Crippen molar-refractivity contribution in [2.75, 3.05) is 16.5 Å². The molecule has 2 heterocycles. The molecule has 3 aromatic rings. The summed E-state index contributed by atoms with van der Waals surface area (Å²) < 4.78 is 5.51. The van der Waals surface area contributed by atoms with Crippen LogP contribution >= 0.6 is 0 Å². The average Bonchev–Trinajstić information content (AvgIpc) is 2.73. The summed E-state index contributed by atoms with van der Waals surface area (Å²) >= 11 is 0. The van der Waals surface area contributed by atoms with Gasteiger partial charge in [0, 0.05) is 24.5 Å². The highest BCUT2D eigenvalue weighted by atomic mass is 16.5.